The molecule has 0 aromatic heterocycles. The lowest BCUT2D eigenvalue weighted by atomic mass is 9.35. The molecular weight excluding hydrogens is 1020 g/mol. The van der Waals surface area contributed by atoms with Crippen molar-refractivity contribution in [3.05, 3.63) is 12.2 Å². The van der Waals surface area contributed by atoms with E-state index in [9.17, 15) is 76.7 Å². The minimum atomic E-state index is -1.86. The van der Waals surface area contributed by atoms with Crippen LogP contribution < -0.4 is 0 Å². The number of fused-ring (bicyclic) bond motifs is 5. The van der Waals surface area contributed by atoms with Crippen LogP contribution in [0.3, 0.4) is 0 Å². The van der Waals surface area contributed by atoms with E-state index >= 15 is 0 Å². The van der Waals surface area contributed by atoms with Crippen molar-refractivity contribution in [3.8, 4) is 0 Å². The summed E-state index contributed by atoms with van der Waals surface area (Å²) in [4.78, 5) is 4.86. The first-order valence-electron chi connectivity index (χ1n) is 27.6. The molecule has 24 nitrogen and oxygen atoms in total. The minimum absolute atomic E-state index is 0.0391. The second-order valence-electron chi connectivity index (χ2n) is 25.5. The molecule has 0 bridgehead atoms. The van der Waals surface area contributed by atoms with E-state index in [1.54, 1.807) is 6.92 Å². The van der Waals surface area contributed by atoms with Crippen molar-refractivity contribution in [2.75, 3.05) is 26.4 Å². The molecule has 0 aromatic carbocycles. The highest BCUT2D eigenvalue weighted by Crippen LogP contribution is 2.76. The fourth-order valence-electron chi connectivity index (χ4n) is 16.3. The second-order valence-corrected chi connectivity index (χ2v) is 25.5. The van der Waals surface area contributed by atoms with Crippen molar-refractivity contribution in [1.29, 1.82) is 0 Å². The minimum Gasteiger partial charge on any atom is -0.394 e. The summed E-state index contributed by atoms with van der Waals surface area (Å²) in [5, 5.41) is 161. The van der Waals surface area contributed by atoms with Crippen LogP contribution in [-0.4, -0.2) is 244 Å². The molecule has 8 rings (SSSR count). The summed E-state index contributed by atoms with van der Waals surface area (Å²) in [7, 11) is 0. The fourth-order valence-corrected chi connectivity index (χ4v) is 16.3. The molecule has 15 N–H and O–H groups in total. The molecular formula is C53H90O24. The van der Waals surface area contributed by atoms with Gasteiger partial charge in [0.2, 0.25) is 0 Å². The third-order valence-electron chi connectivity index (χ3n) is 20.8. The Hall–Kier alpha value is -1.22. The van der Waals surface area contributed by atoms with E-state index in [0.29, 0.717) is 18.4 Å². The van der Waals surface area contributed by atoms with Crippen LogP contribution in [0.1, 0.15) is 106 Å². The molecule has 24 heteroatoms. The van der Waals surface area contributed by atoms with E-state index < -0.39 is 171 Å². The summed E-state index contributed by atoms with van der Waals surface area (Å²) in [5.41, 5.74) is -2.38. The Balaban J connectivity index is 1.02. The first kappa shape index (κ1) is 61.8. The predicted molar refractivity (Wildman–Crippen MR) is 263 cm³/mol. The van der Waals surface area contributed by atoms with Crippen LogP contribution in [0, 0.1) is 45.3 Å². The van der Waals surface area contributed by atoms with Gasteiger partial charge in [-0.3, -0.25) is 5.26 Å². The molecule has 8 fully saturated rings. The number of aliphatic hydroxyl groups is 14. The average molecular weight is 1110 g/mol. The van der Waals surface area contributed by atoms with Gasteiger partial charge < -0.3 is 109 Å². The van der Waals surface area contributed by atoms with E-state index in [4.69, 9.17) is 42.8 Å². The van der Waals surface area contributed by atoms with Gasteiger partial charge in [0.05, 0.1) is 44.2 Å². The molecule has 77 heavy (non-hydrogen) atoms. The summed E-state index contributed by atoms with van der Waals surface area (Å²) in [6.07, 6.45) is -27.8. The van der Waals surface area contributed by atoms with Gasteiger partial charge >= 0.3 is 0 Å². The van der Waals surface area contributed by atoms with Crippen molar-refractivity contribution in [1.82, 2.24) is 0 Å². The van der Waals surface area contributed by atoms with Crippen molar-refractivity contribution >= 4 is 0 Å². The van der Waals surface area contributed by atoms with Crippen molar-refractivity contribution in [2.45, 2.75) is 247 Å². The molecule has 0 aromatic rings. The Labute approximate surface area is 449 Å². The van der Waals surface area contributed by atoms with E-state index in [1.165, 1.54) is 0 Å². The third kappa shape index (κ3) is 10.9. The lowest BCUT2D eigenvalue weighted by Crippen LogP contribution is -2.69. The van der Waals surface area contributed by atoms with Crippen LogP contribution in [0.15, 0.2) is 12.2 Å². The van der Waals surface area contributed by atoms with Crippen molar-refractivity contribution < 1.29 is 120 Å². The maximum atomic E-state index is 12.5. The van der Waals surface area contributed by atoms with Gasteiger partial charge in [0.25, 0.3) is 0 Å². The molecule has 4 aliphatic carbocycles. The summed E-state index contributed by atoms with van der Waals surface area (Å²) in [5.74, 6) is -0.0924. The van der Waals surface area contributed by atoms with Crippen LogP contribution in [0.2, 0.25) is 0 Å². The van der Waals surface area contributed by atoms with Gasteiger partial charge in [-0.05, 0) is 123 Å². The lowest BCUT2D eigenvalue weighted by molar-refractivity contribution is -0.383. The monoisotopic (exact) mass is 1110 g/mol. The number of ether oxygens (including phenoxy) is 8. The Morgan fingerprint density at radius 1 is 0.623 bits per heavy atom. The first-order valence-corrected chi connectivity index (χ1v) is 27.6. The van der Waals surface area contributed by atoms with E-state index in [0.717, 1.165) is 32.1 Å². The molecule has 8 aliphatic rings. The van der Waals surface area contributed by atoms with Crippen LogP contribution >= 0.6 is 0 Å². The van der Waals surface area contributed by atoms with Gasteiger partial charge in [-0.15, -0.1) is 0 Å². The molecule has 446 valence electrons. The van der Waals surface area contributed by atoms with E-state index in [-0.39, 0.29) is 54.0 Å². The molecule has 0 amide bonds. The molecule has 4 saturated carbocycles. The zero-order valence-corrected chi connectivity index (χ0v) is 45.3. The Kier molecular flexibility index (Phi) is 18.8. The molecule has 0 spiro atoms. The molecule has 0 unspecified atom stereocenters. The normalized spacial score (nSPS) is 52.2. The molecule has 0 radical (unpaired) electrons. The zero-order valence-electron chi connectivity index (χ0n) is 45.3. The van der Waals surface area contributed by atoms with Gasteiger partial charge in [0.1, 0.15) is 97.7 Å². The number of hydrogen-bond donors (Lipinski definition) is 15. The van der Waals surface area contributed by atoms with Crippen LogP contribution in [0.5, 0.6) is 0 Å². The maximum absolute atomic E-state index is 12.5. The summed E-state index contributed by atoms with van der Waals surface area (Å²) >= 11 is 0. The van der Waals surface area contributed by atoms with Crippen LogP contribution in [0.25, 0.3) is 0 Å². The van der Waals surface area contributed by atoms with E-state index in [2.05, 4.69) is 27.4 Å². The molecule has 4 aliphatic heterocycles. The highest BCUT2D eigenvalue weighted by atomic mass is 17.1. The zero-order chi connectivity index (χ0) is 56.6. The highest BCUT2D eigenvalue weighted by Gasteiger charge is 2.71. The van der Waals surface area contributed by atoms with Crippen molar-refractivity contribution in [3.63, 3.8) is 0 Å². The number of aliphatic hydroxyl groups excluding tert-OH is 14. The van der Waals surface area contributed by atoms with Gasteiger partial charge in [-0.1, -0.05) is 41.2 Å². The Bertz CT molecular complexity index is 1990. The fraction of sp³-hybridized carbons (Fsp3) is 0.962. The third-order valence-corrected chi connectivity index (χ3v) is 20.8. The quantitative estimate of drug-likeness (QED) is 0.0321. The Morgan fingerprint density at radius 3 is 1.82 bits per heavy atom. The summed E-state index contributed by atoms with van der Waals surface area (Å²) in [6, 6.07) is 0. The first-order chi connectivity index (χ1) is 36.0. The molecule has 4 saturated heterocycles. The van der Waals surface area contributed by atoms with Crippen molar-refractivity contribution in [2.24, 2.45) is 45.3 Å². The largest absolute Gasteiger partial charge is 0.394 e. The van der Waals surface area contributed by atoms with Crippen LogP contribution in [-0.2, 0) is 42.8 Å². The maximum Gasteiger partial charge on any atom is 0.187 e. The standard InChI is InChI=1S/C53H90O24/c1-22(2)27(77-68)12-16-53(8,76-47-42(67)38(63)36(61)30(73-47)21-70-45-40(65)33(58)26(57)20-69-45)24-11-14-51(6)23(24)9-10-32-50(5)17-25(56)44(49(3,4)31(50)13-15-52(32,51)7)75-48-43(39(64)35(60)29(19-55)72-48)74-46-41(66)37(62)34(59)28(18-54)71-46/h23-48,54-68H,1,9-21H2,2-8H3/t23-,24+,25-,26-,27+,28-,29-,30-,31+,32-,33+,34-,35-,36-,37+,38+,39+,40-,41-,42-,43-,44+,45+,46+,47+,48+,50+,51-,52-,53+/m1/s1. The molecule has 30 atom stereocenters. The van der Waals surface area contributed by atoms with Gasteiger partial charge in [-0.25, -0.2) is 4.89 Å². The number of rotatable bonds is 17. The van der Waals surface area contributed by atoms with Gasteiger partial charge in [-0.2, -0.15) is 0 Å². The van der Waals surface area contributed by atoms with Gasteiger partial charge in [0.15, 0.2) is 25.2 Å². The van der Waals surface area contributed by atoms with Gasteiger partial charge in [0, 0.05) is 0 Å². The highest BCUT2D eigenvalue weighted by molar-refractivity contribution is 5.20. The second kappa shape index (κ2) is 23.4. The SMILES string of the molecule is C=C(C)[C@H](CC[C@](C)(O[C@@H]1O[C@H](CO[C@@H]2OC[C@@H](O)[C@H](O)[C@H]2O)[C@@H](O)[C@H](O)[C@H]1O)[C@H]1CC[C@]2(C)[C@@H]1CC[C@@H]1[C@@]3(C)C[C@@H](O)[C@H](O[C@@H]4O[C@H](CO)[C@@H](O)[C@H](O)[C@H]4O[C@@H]4O[C@H](CO)[C@@H](O)[C@H](O)[C@H]4O)C(C)(C)[C@@H]3CC[C@]12C)OO. The Morgan fingerprint density at radius 2 is 1.19 bits per heavy atom. The lowest BCUT2D eigenvalue weighted by Gasteiger charge is -2.70. The predicted octanol–water partition coefficient (Wildman–Crippen LogP) is -2.10. The smallest absolute Gasteiger partial charge is 0.187 e. The summed E-state index contributed by atoms with van der Waals surface area (Å²) in [6.45, 7) is 16.4. The average Bonchev–Trinajstić information content (AvgIpc) is 3.99. The summed E-state index contributed by atoms with van der Waals surface area (Å²) < 4.78 is 48.5. The van der Waals surface area contributed by atoms with E-state index in [1.807, 2.05) is 20.8 Å². The molecule has 4 heterocycles. The van der Waals surface area contributed by atoms with Crippen LogP contribution in [0.4, 0.5) is 0 Å². The number of hydrogen-bond acceptors (Lipinski definition) is 24. The topological polar surface area (TPSA) is 387 Å².